The monoisotopic (exact) mass is 351 g/mol. The van der Waals surface area contributed by atoms with E-state index in [0.717, 1.165) is 43.1 Å². The van der Waals surface area contributed by atoms with Crippen molar-refractivity contribution in [3.63, 3.8) is 0 Å². The van der Waals surface area contributed by atoms with Gasteiger partial charge in [0.2, 0.25) is 0 Å². The van der Waals surface area contributed by atoms with Crippen LogP contribution in [0, 0.1) is 0 Å². The van der Waals surface area contributed by atoms with Crippen LogP contribution in [0.1, 0.15) is 11.1 Å². The molecule has 0 bridgehead atoms. The predicted octanol–water partition coefficient (Wildman–Crippen LogP) is 2.56. The molecule has 5 nitrogen and oxygen atoms in total. The smallest absolute Gasteiger partial charge is 0.258 e. The third kappa shape index (κ3) is 5.72. The van der Waals surface area contributed by atoms with Crippen molar-refractivity contribution in [2.24, 2.45) is 0 Å². The lowest BCUT2D eigenvalue weighted by atomic mass is 10.2. The predicted molar refractivity (Wildman–Crippen MR) is 103 cm³/mol. The van der Waals surface area contributed by atoms with Crippen LogP contribution in [0.2, 0.25) is 0 Å². The fraction of sp³-hybridized carbons (Fsp3) is 0.286. The molecule has 0 aliphatic carbocycles. The van der Waals surface area contributed by atoms with Gasteiger partial charge in [-0.3, -0.25) is 10.2 Å². The topological polar surface area (TPSA) is 44.8 Å². The molecule has 0 radical (unpaired) electrons. The molecule has 1 amide bonds. The van der Waals surface area contributed by atoms with Crippen LogP contribution in [0.4, 0.5) is 0 Å². The van der Waals surface area contributed by atoms with Gasteiger partial charge in [-0.05, 0) is 36.4 Å². The van der Waals surface area contributed by atoms with Gasteiger partial charge in [-0.15, -0.1) is 0 Å². The molecule has 136 valence electrons. The molecule has 3 rings (SSSR count). The van der Waals surface area contributed by atoms with Gasteiger partial charge in [0.05, 0.1) is 0 Å². The number of nitrogens with one attached hydrogen (secondary N) is 1. The summed E-state index contributed by atoms with van der Waals surface area (Å²) in [4.78, 5) is 14.3. The van der Waals surface area contributed by atoms with E-state index in [1.54, 1.807) is 6.08 Å². The Hall–Kier alpha value is -2.63. The Balaban J connectivity index is 1.45. The highest BCUT2D eigenvalue weighted by Gasteiger charge is 2.14. The lowest BCUT2D eigenvalue weighted by Gasteiger charge is -2.31. The van der Waals surface area contributed by atoms with Crippen molar-refractivity contribution in [2.75, 3.05) is 33.2 Å². The van der Waals surface area contributed by atoms with Gasteiger partial charge in [0.1, 0.15) is 12.4 Å². The van der Waals surface area contributed by atoms with Crippen LogP contribution in [-0.2, 0) is 11.4 Å². The number of nitrogens with zero attached hydrogens (tertiary/aromatic N) is 2. The largest absolute Gasteiger partial charge is 0.489 e. The van der Waals surface area contributed by atoms with Crippen LogP contribution >= 0.6 is 0 Å². The quantitative estimate of drug-likeness (QED) is 0.813. The van der Waals surface area contributed by atoms with Crippen LogP contribution in [0.3, 0.4) is 0 Å². The van der Waals surface area contributed by atoms with Crippen molar-refractivity contribution in [1.82, 2.24) is 15.3 Å². The SMILES string of the molecule is CN1CCN(NC(=O)/C=C/c2ccc(OCc3ccccc3)cc2)CC1. The summed E-state index contributed by atoms with van der Waals surface area (Å²) < 4.78 is 5.77. The maximum absolute atomic E-state index is 12.0. The van der Waals surface area contributed by atoms with E-state index in [-0.39, 0.29) is 5.91 Å². The Morgan fingerprint density at radius 2 is 1.73 bits per heavy atom. The zero-order chi connectivity index (χ0) is 18.2. The minimum atomic E-state index is -0.0982. The van der Waals surface area contributed by atoms with Gasteiger partial charge in [-0.2, -0.15) is 0 Å². The Kier molecular flexibility index (Phi) is 6.41. The van der Waals surface area contributed by atoms with Crippen molar-refractivity contribution in [3.05, 3.63) is 71.8 Å². The first-order valence-corrected chi connectivity index (χ1v) is 8.88. The molecule has 26 heavy (non-hydrogen) atoms. The van der Waals surface area contributed by atoms with Crippen molar-refractivity contribution >= 4 is 12.0 Å². The van der Waals surface area contributed by atoms with Crippen LogP contribution in [0.25, 0.3) is 6.08 Å². The summed E-state index contributed by atoms with van der Waals surface area (Å²) in [7, 11) is 2.09. The van der Waals surface area contributed by atoms with Crippen molar-refractivity contribution in [3.8, 4) is 5.75 Å². The van der Waals surface area contributed by atoms with Crippen LogP contribution in [-0.4, -0.2) is 49.0 Å². The number of piperazine rings is 1. The van der Waals surface area contributed by atoms with Gasteiger partial charge >= 0.3 is 0 Å². The van der Waals surface area contributed by atoms with E-state index < -0.39 is 0 Å². The zero-order valence-electron chi connectivity index (χ0n) is 15.1. The van der Waals surface area contributed by atoms with E-state index in [2.05, 4.69) is 17.4 Å². The average Bonchev–Trinajstić information content (AvgIpc) is 2.68. The van der Waals surface area contributed by atoms with Gasteiger partial charge in [-0.25, -0.2) is 5.01 Å². The molecule has 0 atom stereocenters. The Bertz CT molecular complexity index is 721. The summed E-state index contributed by atoms with van der Waals surface area (Å²) in [5, 5.41) is 1.97. The molecule has 2 aromatic rings. The third-order valence-electron chi connectivity index (χ3n) is 4.33. The molecule has 1 heterocycles. The van der Waals surface area contributed by atoms with Crippen LogP contribution < -0.4 is 10.2 Å². The number of carbonyl (C=O) groups excluding carboxylic acids is 1. The second-order valence-corrected chi connectivity index (χ2v) is 6.44. The van der Waals surface area contributed by atoms with E-state index in [4.69, 9.17) is 4.74 Å². The molecule has 0 unspecified atom stereocenters. The standard InChI is InChI=1S/C21H25N3O2/c1-23-13-15-24(16-14-23)22-21(25)12-9-18-7-10-20(11-8-18)26-17-19-5-3-2-4-6-19/h2-12H,13-17H2,1H3,(H,22,25)/b12-9+. The normalized spacial score (nSPS) is 15.9. The number of hydrazine groups is 1. The fourth-order valence-electron chi connectivity index (χ4n) is 2.70. The van der Waals surface area contributed by atoms with Gasteiger partial charge < -0.3 is 9.64 Å². The molecule has 1 fully saturated rings. The Labute approximate surface area is 154 Å². The number of rotatable bonds is 6. The number of likely N-dealkylation sites (N-methyl/N-ethyl adjacent to an activating group) is 1. The number of amides is 1. The van der Waals surface area contributed by atoms with Crippen LogP contribution in [0.5, 0.6) is 5.75 Å². The number of ether oxygens (including phenoxy) is 1. The highest BCUT2D eigenvalue weighted by atomic mass is 16.5. The summed E-state index contributed by atoms with van der Waals surface area (Å²) in [5.41, 5.74) is 5.02. The summed E-state index contributed by atoms with van der Waals surface area (Å²) in [5.74, 6) is 0.715. The van der Waals surface area contributed by atoms with Crippen LogP contribution in [0.15, 0.2) is 60.7 Å². The molecule has 1 saturated heterocycles. The molecule has 1 aliphatic heterocycles. The number of benzene rings is 2. The van der Waals surface area contributed by atoms with Gasteiger partial charge in [0, 0.05) is 32.3 Å². The number of carbonyl (C=O) groups is 1. The molecule has 0 aromatic heterocycles. The lowest BCUT2D eigenvalue weighted by Crippen LogP contribution is -2.52. The summed E-state index contributed by atoms with van der Waals surface area (Å²) in [6.07, 6.45) is 3.38. The van der Waals surface area contributed by atoms with Gasteiger partial charge in [-0.1, -0.05) is 42.5 Å². The molecule has 1 aliphatic rings. The maximum Gasteiger partial charge on any atom is 0.258 e. The van der Waals surface area contributed by atoms with E-state index in [1.807, 2.05) is 65.7 Å². The van der Waals surface area contributed by atoms with Crippen molar-refractivity contribution in [2.45, 2.75) is 6.61 Å². The second-order valence-electron chi connectivity index (χ2n) is 6.44. The van der Waals surface area contributed by atoms with Gasteiger partial charge in [0.15, 0.2) is 0 Å². The first-order valence-electron chi connectivity index (χ1n) is 8.88. The molecule has 1 N–H and O–H groups in total. The highest BCUT2D eigenvalue weighted by Crippen LogP contribution is 2.15. The van der Waals surface area contributed by atoms with Crippen molar-refractivity contribution < 1.29 is 9.53 Å². The molecule has 5 heteroatoms. The van der Waals surface area contributed by atoms with E-state index in [0.29, 0.717) is 6.61 Å². The van der Waals surface area contributed by atoms with E-state index >= 15 is 0 Å². The first-order chi connectivity index (χ1) is 12.7. The number of hydrogen-bond donors (Lipinski definition) is 1. The minimum Gasteiger partial charge on any atom is -0.489 e. The molecule has 0 spiro atoms. The number of hydrogen-bond acceptors (Lipinski definition) is 4. The molecular formula is C21H25N3O2. The molecule has 2 aromatic carbocycles. The minimum absolute atomic E-state index is 0.0982. The van der Waals surface area contributed by atoms with Gasteiger partial charge in [0.25, 0.3) is 5.91 Å². The highest BCUT2D eigenvalue weighted by molar-refractivity contribution is 5.91. The lowest BCUT2D eigenvalue weighted by molar-refractivity contribution is -0.121. The molecular weight excluding hydrogens is 326 g/mol. The second kappa shape index (κ2) is 9.17. The third-order valence-corrected chi connectivity index (χ3v) is 4.33. The zero-order valence-corrected chi connectivity index (χ0v) is 15.1. The fourth-order valence-corrected chi connectivity index (χ4v) is 2.70. The average molecular weight is 351 g/mol. The van der Waals surface area contributed by atoms with Crippen molar-refractivity contribution in [1.29, 1.82) is 0 Å². The summed E-state index contributed by atoms with van der Waals surface area (Å²) in [6, 6.07) is 17.8. The maximum atomic E-state index is 12.0. The van der Waals surface area contributed by atoms with E-state index in [1.165, 1.54) is 0 Å². The van der Waals surface area contributed by atoms with E-state index in [9.17, 15) is 4.79 Å². The Morgan fingerprint density at radius 1 is 1.04 bits per heavy atom. The molecule has 0 saturated carbocycles. The first kappa shape index (κ1) is 18.2. The summed E-state index contributed by atoms with van der Waals surface area (Å²) in [6.45, 7) is 4.18. The Morgan fingerprint density at radius 3 is 2.42 bits per heavy atom. The summed E-state index contributed by atoms with van der Waals surface area (Å²) >= 11 is 0.